The van der Waals surface area contributed by atoms with Gasteiger partial charge in [-0.1, -0.05) is 12.8 Å². The summed E-state index contributed by atoms with van der Waals surface area (Å²) < 4.78 is 2.09. The average Bonchev–Trinajstić information content (AvgIpc) is 3.00. The molecule has 2 aromatic rings. The van der Waals surface area contributed by atoms with Crippen molar-refractivity contribution >= 4 is 11.7 Å². The van der Waals surface area contributed by atoms with Crippen molar-refractivity contribution in [2.45, 2.75) is 31.7 Å². The average molecular weight is 287 g/mol. The molecule has 6 heteroatoms. The molecule has 1 aliphatic rings. The normalized spacial score (nSPS) is 19.5. The van der Waals surface area contributed by atoms with Crippen LogP contribution in [-0.2, 0) is 7.05 Å². The van der Waals surface area contributed by atoms with Crippen LogP contribution in [0.5, 0.6) is 0 Å². The van der Waals surface area contributed by atoms with Crippen LogP contribution < -0.4 is 5.73 Å². The van der Waals surface area contributed by atoms with Gasteiger partial charge in [-0.3, -0.25) is 9.89 Å². The van der Waals surface area contributed by atoms with Crippen LogP contribution in [0, 0.1) is 0 Å². The van der Waals surface area contributed by atoms with E-state index in [4.69, 9.17) is 5.73 Å². The number of anilines is 1. The van der Waals surface area contributed by atoms with Crippen molar-refractivity contribution in [2.75, 3.05) is 12.3 Å². The number of carbonyl (C=O) groups excluding carboxylic acids is 1. The smallest absolute Gasteiger partial charge is 0.272 e. The van der Waals surface area contributed by atoms with Crippen molar-refractivity contribution in [3.05, 3.63) is 35.8 Å². The summed E-state index contributed by atoms with van der Waals surface area (Å²) in [4.78, 5) is 14.7. The van der Waals surface area contributed by atoms with Crippen LogP contribution in [0.25, 0.3) is 0 Å². The molecule has 3 rings (SSSR count). The number of carbonyl (C=O) groups is 1. The van der Waals surface area contributed by atoms with Gasteiger partial charge in [0.1, 0.15) is 11.5 Å². The number of rotatable bonds is 2. The SMILES string of the molecule is Cn1cccc1C1CCCCCN1C(=O)c1cc(N)n[nH]1. The summed E-state index contributed by atoms with van der Waals surface area (Å²) in [6, 6.07) is 5.84. The van der Waals surface area contributed by atoms with Crippen LogP contribution in [-0.4, -0.2) is 32.1 Å². The number of nitrogens with zero attached hydrogens (tertiary/aromatic N) is 3. The first kappa shape index (κ1) is 13.7. The predicted octanol–water partition coefficient (Wildman–Crippen LogP) is 2.09. The molecule has 1 atom stereocenters. The van der Waals surface area contributed by atoms with Crippen molar-refractivity contribution < 1.29 is 4.79 Å². The van der Waals surface area contributed by atoms with Crippen molar-refractivity contribution in [3.8, 4) is 0 Å². The number of nitrogen functional groups attached to an aromatic ring is 1. The molecule has 0 saturated carbocycles. The van der Waals surface area contributed by atoms with Gasteiger partial charge in [0, 0.05) is 31.5 Å². The number of aromatic nitrogens is 3. The molecular formula is C15H21N5O. The van der Waals surface area contributed by atoms with E-state index in [0.29, 0.717) is 11.5 Å². The van der Waals surface area contributed by atoms with E-state index in [1.807, 2.05) is 24.2 Å². The second-order valence-electron chi connectivity index (χ2n) is 5.61. The summed E-state index contributed by atoms with van der Waals surface area (Å²) in [6.45, 7) is 0.771. The molecule has 0 spiro atoms. The van der Waals surface area contributed by atoms with E-state index in [0.717, 1.165) is 32.2 Å². The summed E-state index contributed by atoms with van der Waals surface area (Å²) in [6.07, 6.45) is 6.36. The van der Waals surface area contributed by atoms with Crippen LogP contribution in [0.1, 0.15) is 47.9 Å². The van der Waals surface area contributed by atoms with E-state index in [9.17, 15) is 4.79 Å². The number of likely N-dealkylation sites (tertiary alicyclic amines) is 1. The quantitative estimate of drug-likeness (QED) is 0.887. The number of aromatic amines is 1. The Morgan fingerprint density at radius 1 is 1.43 bits per heavy atom. The van der Waals surface area contributed by atoms with Crippen LogP contribution in [0.3, 0.4) is 0 Å². The lowest BCUT2D eigenvalue weighted by Gasteiger charge is -2.30. The number of hydrogen-bond donors (Lipinski definition) is 2. The fourth-order valence-corrected chi connectivity index (χ4v) is 3.08. The molecule has 3 heterocycles. The molecule has 2 aromatic heterocycles. The summed E-state index contributed by atoms with van der Waals surface area (Å²) in [5, 5.41) is 6.59. The van der Waals surface area contributed by atoms with E-state index < -0.39 is 0 Å². The maximum absolute atomic E-state index is 12.8. The Balaban J connectivity index is 1.92. The predicted molar refractivity (Wildman–Crippen MR) is 80.7 cm³/mol. The minimum atomic E-state index is -0.0210. The third kappa shape index (κ3) is 2.66. The highest BCUT2D eigenvalue weighted by Gasteiger charge is 2.29. The van der Waals surface area contributed by atoms with Crippen LogP contribution in [0.15, 0.2) is 24.4 Å². The van der Waals surface area contributed by atoms with Gasteiger partial charge in [-0.05, 0) is 25.0 Å². The third-order valence-electron chi connectivity index (χ3n) is 4.17. The third-order valence-corrected chi connectivity index (χ3v) is 4.17. The molecule has 0 radical (unpaired) electrons. The largest absolute Gasteiger partial charge is 0.382 e. The van der Waals surface area contributed by atoms with E-state index in [-0.39, 0.29) is 11.9 Å². The number of amides is 1. The molecule has 3 N–H and O–H groups in total. The molecular weight excluding hydrogens is 266 g/mol. The molecule has 6 nitrogen and oxygen atoms in total. The Morgan fingerprint density at radius 3 is 2.95 bits per heavy atom. The monoisotopic (exact) mass is 287 g/mol. The number of aryl methyl sites for hydroxylation is 1. The summed E-state index contributed by atoms with van der Waals surface area (Å²) in [5.41, 5.74) is 7.26. The number of H-pyrrole nitrogens is 1. The number of nitrogens with two attached hydrogens (primary N) is 1. The van der Waals surface area contributed by atoms with Gasteiger partial charge >= 0.3 is 0 Å². The Bertz CT molecular complexity index is 630. The van der Waals surface area contributed by atoms with Crippen molar-refractivity contribution in [1.29, 1.82) is 0 Å². The highest BCUT2D eigenvalue weighted by Crippen LogP contribution is 2.31. The fraction of sp³-hybridized carbons (Fsp3) is 0.467. The first-order chi connectivity index (χ1) is 10.2. The van der Waals surface area contributed by atoms with Gasteiger partial charge in [-0.15, -0.1) is 0 Å². The highest BCUT2D eigenvalue weighted by atomic mass is 16.2. The Morgan fingerprint density at radius 2 is 2.29 bits per heavy atom. The van der Waals surface area contributed by atoms with Gasteiger partial charge in [-0.25, -0.2) is 0 Å². The van der Waals surface area contributed by atoms with Crippen molar-refractivity contribution in [1.82, 2.24) is 19.7 Å². The number of nitrogens with one attached hydrogen (secondary N) is 1. The molecule has 21 heavy (non-hydrogen) atoms. The summed E-state index contributed by atoms with van der Waals surface area (Å²) in [7, 11) is 2.02. The van der Waals surface area contributed by atoms with Crippen LogP contribution in [0.2, 0.25) is 0 Å². The lowest BCUT2D eigenvalue weighted by atomic mass is 10.1. The summed E-state index contributed by atoms with van der Waals surface area (Å²) >= 11 is 0. The fourth-order valence-electron chi connectivity index (χ4n) is 3.08. The van der Waals surface area contributed by atoms with E-state index in [1.165, 1.54) is 5.69 Å². The Hall–Kier alpha value is -2.24. The van der Waals surface area contributed by atoms with Crippen LogP contribution >= 0.6 is 0 Å². The second-order valence-corrected chi connectivity index (χ2v) is 5.61. The molecule has 1 unspecified atom stereocenters. The first-order valence-electron chi connectivity index (χ1n) is 7.40. The lowest BCUT2D eigenvalue weighted by molar-refractivity contribution is 0.0668. The Kier molecular flexibility index (Phi) is 3.68. The molecule has 0 aromatic carbocycles. The van der Waals surface area contributed by atoms with Gasteiger partial charge in [0.15, 0.2) is 0 Å². The molecule has 1 amide bonds. The zero-order chi connectivity index (χ0) is 14.8. The van der Waals surface area contributed by atoms with Gasteiger partial charge < -0.3 is 15.2 Å². The number of hydrogen-bond acceptors (Lipinski definition) is 3. The maximum Gasteiger partial charge on any atom is 0.272 e. The van der Waals surface area contributed by atoms with E-state index in [1.54, 1.807) is 6.07 Å². The standard InChI is InChI=1S/C15H21N5O/c1-19-8-5-7-12(19)13-6-3-2-4-9-20(13)15(21)11-10-14(16)18-17-11/h5,7-8,10,13H,2-4,6,9H2,1H3,(H3,16,17,18). The van der Waals surface area contributed by atoms with Gasteiger partial charge in [0.25, 0.3) is 5.91 Å². The highest BCUT2D eigenvalue weighted by molar-refractivity contribution is 5.93. The molecule has 1 fully saturated rings. The molecule has 1 aliphatic heterocycles. The second kappa shape index (κ2) is 5.63. The summed E-state index contributed by atoms with van der Waals surface area (Å²) in [5.74, 6) is 0.330. The molecule has 112 valence electrons. The van der Waals surface area contributed by atoms with Gasteiger partial charge in [0.2, 0.25) is 0 Å². The lowest BCUT2D eigenvalue weighted by Crippen LogP contribution is -2.35. The minimum absolute atomic E-state index is 0.0210. The Labute approximate surface area is 123 Å². The van der Waals surface area contributed by atoms with Gasteiger partial charge in [-0.2, -0.15) is 5.10 Å². The topological polar surface area (TPSA) is 79.9 Å². The first-order valence-corrected chi connectivity index (χ1v) is 7.40. The molecule has 0 aliphatic carbocycles. The molecule has 0 bridgehead atoms. The maximum atomic E-state index is 12.8. The van der Waals surface area contributed by atoms with Gasteiger partial charge in [0.05, 0.1) is 6.04 Å². The van der Waals surface area contributed by atoms with E-state index in [2.05, 4.69) is 20.8 Å². The van der Waals surface area contributed by atoms with E-state index >= 15 is 0 Å². The molecule has 1 saturated heterocycles. The van der Waals surface area contributed by atoms with Crippen molar-refractivity contribution in [2.24, 2.45) is 7.05 Å². The van der Waals surface area contributed by atoms with Crippen molar-refractivity contribution in [3.63, 3.8) is 0 Å². The minimum Gasteiger partial charge on any atom is -0.382 e. The zero-order valence-corrected chi connectivity index (χ0v) is 12.2. The van der Waals surface area contributed by atoms with Crippen LogP contribution in [0.4, 0.5) is 5.82 Å². The zero-order valence-electron chi connectivity index (χ0n) is 12.2.